The molecule has 3 atom stereocenters. The molecule has 1 fully saturated rings. The van der Waals surface area contributed by atoms with Crippen LogP contribution in [0.1, 0.15) is 23.7 Å². The summed E-state index contributed by atoms with van der Waals surface area (Å²) in [5.74, 6) is -0.0637. The molecule has 0 amide bonds. The van der Waals surface area contributed by atoms with Gasteiger partial charge in [-0.3, -0.25) is 0 Å². The normalized spacial score (nSPS) is 21.4. The fourth-order valence-corrected chi connectivity index (χ4v) is 4.90. The zero-order valence-corrected chi connectivity index (χ0v) is 22.4. The van der Waals surface area contributed by atoms with Crippen molar-refractivity contribution >= 4 is 15.5 Å². The van der Waals surface area contributed by atoms with Crippen LogP contribution in [0.3, 0.4) is 0 Å². The van der Waals surface area contributed by atoms with E-state index < -0.39 is 32.9 Å². The highest BCUT2D eigenvalue weighted by Crippen LogP contribution is 2.41. The van der Waals surface area contributed by atoms with Crippen molar-refractivity contribution in [2.24, 2.45) is 0 Å². The summed E-state index contributed by atoms with van der Waals surface area (Å²) in [5, 5.41) is 3.60. The van der Waals surface area contributed by atoms with Gasteiger partial charge in [-0.25, -0.2) is 22.3 Å². The van der Waals surface area contributed by atoms with Crippen molar-refractivity contribution < 1.29 is 31.8 Å². The maximum absolute atomic E-state index is 17.1. The molecular formula is C27H29FN4O6S. The summed E-state index contributed by atoms with van der Waals surface area (Å²) >= 11 is 0. The van der Waals surface area contributed by atoms with Crippen LogP contribution in [0.15, 0.2) is 72.0 Å². The third-order valence-corrected chi connectivity index (χ3v) is 7.15. The van der Waals surface area contributed by atoms with Crippen LogP contribution in [0.2, 0.25) is 0 Å². The summed E-state index contributed by atoms with van der Waals surface area (Å²) in [7, 11) is -3.84. The van der Waals surface area contributed by atoms with Gasteiger partial charge in [-0.15, -0.1) is 5.10 Å². The van der Waals surface area contributed by atoms with Crippen LogP contribution < -0.4 is 4.74 Å². The quantitative estimate of drug-likeness (QED) is 0.275. The minimum absolute atomic E-state index is 0.0330. The summed E-state index contributed by atoms with van der Waals surface area (Å²) < 4.78 is 66.3. The van der Waals surface area contributed by atoms with Crippen LogP contribution in [0, 0.1) is 0 Å². The maximum atomic E-state index is 17.1. The van der Waals surface area contributed by atoms with Gasteiger partial charge in [0, 0.05) is 6.26 Å². The minimum atomic E-state index is -3.84. The second-order valence-electron chi connectivity index (χ2n) is 9.21. The van der Waals surface area contributed by atoms with Crippen LogP contribution in [0.25, 0.3) is 5.65 Å². The third kappa shape index (κ3) is 5.78. The van der Waals surface area contributed by atoms with Crippen LogP contribution in [-0.2, 0) is 42.9 Å². The Labute approximate surface area is 225 Å². The first kappa shape index (κ1) is 27.1. The van der Waals surface area contributed by atoms with E-state index in [1.54, 1.807) is 6.92 Å². The van der Waals surface area contributed by atoms with Gasteiger partial charge in [-0.05, 0) is 18.1 Å². The molecule has 3 heterocycles. The fourth-order valence-electron chi connectivity index (χ4n) is 4.43. The molecule has 12 heteroatoms. The highest BCUT2D eigenvalue weighted by atomic mass is 32.2. The Balaban J connectivity index is 1.49. The van der Waals surface area contributed by atoms with Gasteiger partial charge in [0.1, 0.15) is 17.9 Å². The largest absolute Gasteiger partial charge is 0.475 e. The van der Waals surface area contributed by atoms with Gasteiger partial charge in [0.15, 0.2) is 0 Å². The summed E-state index contributed by atoms with van der Waals surface area (Å²) in [6.45, 7) is 2.07. The minimum Gasteiger partial charge on any atom is -0.475 e. The lowest BCUT2D eigenvalue weighted by Gasteiger charge is -2.28. The molecule has 0 aliphatic carbocycles. The van der Waals surface area contributed by atoms with Crippen molar-refractivity contribution in [1.29, 1.82) is 0 Å². The molecule has 0 bridgehead atoms. The summed E-state index contributed by atoms with van der Waals surface area (Å²) in [6, 6.07) is 19.0. The number of hydrogen-bond donors (Lipinski definition) is 0. The lowest BCUT2D eigenvalue weighted by molar-refractivity contribution is -0.0860. The standard InChI is InChI=1S/C27H29FN4O6S/c1-3-36-25-24-29-14-22(32(24)31-26(30-25)39(2,33)34)27(28)18-38-21(17-35-15-19-10-6-4-7-11-19)23(27)37-16-20-12-8-5-9-13-20/h4-14,21,23H,3,15-18H2,1-2H3/t21-,23-,27+/m1/s1. The number of benzene rings is 2. The van der Waals surface area contributed by atoms with E-state index in [-0.39, 0.29) is 43.6 Å². The predicted octanol–water partition coefficient (Wildman–Crippen LogP) is 3.29. The van der Waals surface area contributed by atoms with Crippen molar-refractivity contribution in [1.82, 2.24) is 19.6 Å². The van der Waals surface area contributed by atoms with Crippen LogP contribution in [0.4, 0.5) is 4.39 Å². The second kappa shape index (κ2) is 11.3. The Morgan fingerprint density at radius 3 is 2.38 bits per heavy atom. The SMILES string of the molecule is CCOc1nc(S(C)(=O)=O)nn2c([C@@]3(F)CO[C@H](COCc4ccccc4)[C@H]3OCc3ccccc3)cnc12. The molecule has 0 radical (unpaired) electrons. The highest BCUT2D eigenvalue weighted by Gasteiger charge is 2.55. The van der Waals surface area contributed by atoms with Gasteiger partial charge in [0.2, 0.25) is 21.2 Å². The molecule has 0 N–H and O–H groups in total. The number of imidazole rings is 1. The lowest BCUT2D eigenvalue weighted by atomic mass is 9.95. The number of aromatic nitrogens is 4. The first-order valence-electron chi connectivity index (χ1n) is 12.5. The molecule has 2 aromatic heterocycles. The number of hydrogen-bond acceptors (Lipinski definition) is 9. The molecule has 1 aliphatic rings. The molecule has 4 aromatic rings. The highest BCUT2D eigenvalue weighted by molar-refractivity contribution is 7.90. The van der Waals surface area contributed by atoms with Gasteiger partial charge >= 0.3 is 0 Å². The molecular weight excluding hydrogens is 527 g/mol. The smallest absolute Gasteiger partial charge is 0.268 e. The van der Waals surface area contributed by atoms with Crippen molar-refractivity contribution in [3.05, 3.63) is 83.7 Å². The average molecular weight is 557 g/mol. The van der Waals surface area contributed by atoms with Crippen molar-refractivity contribution in [3.8, 4) is 5.88 Å². The Hall–Kier alpha value is -3.45. The Morgan fingerprint density at radius 2 is 1.74 bits per heavy atom. The lowest BCUT2D eigenvalue weighted by Crippen LogP contribution is -2.42. The van der Waals surface area contributed by atoms with Gasteiger partial charge in [0.25, 0.3) is 11.0 Å². The topological polar surface area (TPSA) is 114 Å². The van der Waals surface area contributed by atoms with E-state index in [0.29, 0.717) is 6.61 Å². The van der Waals surface area contributed by atoms with Gasteiger partial charge in [0.05, 0.1) is 39.2 Å². The molecule has 2 aromatic carbocycles. The fraction of sp³-hybridized carbons (Fsp3) is 0.370. The van der Waals surface area contributed by atoms with E-state index in [9.17, 15) is 8.42 Å². The van der Waals surface area contributed by atoms with E-state index in [0.717, 1.165) is 21.9 Å². The van der Waals surface area contributed by atoms with E-state index in [4.69, 9.17) is 18.9 Å². The summed E-state index contributed by atoms with van der Waals surface area (Å²) in [5.41, 5.74) is -0.355. The van der Waals surface area contributed by atoms with E-state index in [2.05, 4.69) is 15.1 Å². The Morgan fingerprint density at radius 1 is 1.08 bits per heavy atom. The molecule has 10 nitrogen and oxygen atoms in total. The molecule has 0 unspecified atom stereocenters. The number of ether oxygens (including phenoxy) is 4. The second-order valence-corrected chi connectivity index (χ2v) is 11.1. The molecule has 1 saturated heterocycles. The molecule has 0 saturated carbocycles. The first-order chi connectivity index (χ1) is 18.8. The number of nitrogens with zero attached hydrogens (tertiary/aromatic N) is 4. The number of alkyl halides is 1. The van der Waals surface area contributed by atoms with Crippen LogP contribution >= 0.6 is 0 Å². The molecule has 206 valence electrons. The zero-order chi connectivity index (χ0) is 27.5. The number of halogens is 1. The maximum Gasteiger partial charge on any atom is 0.268 e. The van der Waals surface area contributed by atoms with Crippen LogP contribution in [-0.4, -0.2) is 66.3 Å². The van der Waals surface area contributed by atoms with E-state index in [1.165, 1.54) is 6.20 Å². The number of rotatable bonds is 11. The Bertz CT molecular complexity index is 1520. The van der Waals surface area contributed by atoms with Crippen molar-refractivity contribution in [2.75, 3.05) is 26.1 Å². The predicted molar refractivity (Wildman–Crippen MR) is 139 cm³/mol. The number of sulfone groups is 1. The average Bonchev–Trinajstić information content (AvgIpc) is 3.50. The number of fused-ring (bicyclic) bond motifs is 1. The first-order valence-corrected chi connectivity index (χ1v) is 14.4. The monoisotopic (exact) mass is 556 g/mol. The van der Waals surface area contributed by atoms with Gasteiger partial charge in [-0.1, -0.05) is 60.7 Å². The summed E-state index contributed by atoms with van der Waals surface area (Å²) in [6.07, 6.45) is 0.390. The van der Waals surface area contributed by atoms with Gasteiger partial charge < -0.3 is 18.9 Å². The molecule has 5 rings (SSSR count). The van der Waals surface area contributed by atoms with E-state index >= 15 is 4.39 Å². The van der Waals surface area contributed by atoms with Crippen molar-refractivity contribution in [2.45, 2.75) is 43.2 Å². The molecule has 1 aliphatic heterocycles. The van der Waals surface area contributed by atoms with Crippen LogP contribution in [0.5, 0.6) is 5.88 Å². The van der Waals surface area contributed by atoms with Gasteiger partial charge in [-0.2, -0.15) is 4.98 Å². The summed E-state index contributed by atoms with van der Waals surface area (Å²) in [4.78, 5) is 8.26. The van der Waals surface area contributed by atoms with Crippen molar-refractivity contribution in [3.63, 3.8) is 0 Å². The van der Waals surface area contributed by atoms with E-state index in [1.807, 2.05) is 60.7 Å². The molecule has 0 spiro atoms. The molecule has 39 heavy (non-hydrogen) atoms. The Kier molecular flexibility index (Phi) is 7.89. The third-order valence-electron chi connectivity index (χ3n) is 6.31. The zero-order valence-electron chi connectivity index (χ0n) is 21.6.